The van der Waals surface area contributed by atoms with Crippen LogP contribution in [-0.2, 0) is 16.6 Å². The number of hydrogen-bond donors (Lipinski definition) is 0. The molecule has 36 heavy (non-hydrogen) atoms. The highest BCUT2D eigenvalue weighted by molar-refractivity contribution is 7.89. The summed E-state index contributed by atoms with van der Waals surface area (Å²) < 4.78 is 40.8. The number of nitrogens with zero attached hydrogens (tertiary/aromatic N) is 3. The zero-order valence-electron chi connectivity index (χ0n) is 20.3. The Morgan fingerprint density at radius 1 is 1.14 bits per heavy atom. The molecule has 0 aliphatic carbocycles. The average Bonchev–Trinajstić information content (AvgIpc) is 3.15. The van der Waals surface area contributed by atoms with Crippen molar-refractivity contribution in [1.82, 2.24) is 14.2 Å². The number of pyridine rings is 1. The lowest BCUT2D eigenvalue weighted by Crippen LogP contribution is -2.32. The molecule has 5 rings (SSSR count). The van der Waals surface area contributed by atoms with Gasteiger partial charge in [0.2, 0.25) is 10.0 Å². The first kappa shape index (κ1) is 25.0. The van der Waals surface area contributed by atoms with Gasteiger partial charge in [0.1, 0.15) is 11.5 Å². The first-order valence-electron chi connectivity index (χ1n) is 12.2. The summed E-state index contributed by atoms with van der Waals surface area (Å²) in [6.45, 7) is 2.25. The number of fused-ring (bicyclic) bond motifs is 1. The number of halogens is 1. The molecule has 3 aromatic rings. The number of sulfonamides is 1. The highest BCUT2D eigenvalue weighted by Gasteiger charge is 2.31. The molecule has 2 aliphatic heterocycles. The molecule has 0 N–H and O–H groups in total. The van der Waals surface area contributed by atoms with E-state index < -0.39 is 10.0 Å². The number of aromatic nitrogens is 1. The minimum absolute atomic E-state index is 0.0932. The summed E-state index contributed by atoms with van der Waals surface area (Å²) in [5, 5.41) is 0.202. The smallest absolute Gasteiger partial charge is 0.244 e. The number of ether oxygens (including phenoxy) is 2. The Bertz CT molecular complexity index is 1320. The van der Waals surface area contributed by atoms with Crippen LogP contribution in [0.2, 0.25) is 5.02 Å². The summed E-state index contributed by atoms with van der Waals surface area (Å²) in [4.78, 5) is 6.72. The number of rotatable bonds is 7. The molecule has 2 aromatic carbocycles. The van der Waals surface area contributed by atoms with Crippen LogP contribution in [0, 0.1) is 0 Å². The van der Waals surface area contributed by atoms with Gasteiger partial charge in [0.15, 0.2) is 11.5 Å². The standard InChI is InChI=1S/C27H30ClN3O4S/c1-30-12-5-7-23(30)10-14-34-25-17-21(20-6-4-11-29-18-20)16-22-19-31(13-15-35-27(22)25)36(32,33)26-9-3-2-8-24(26)28/h2-4,6,8-9,11,16-18,23H,5,7,10,12-15,19H2,1H3. The fourth-order valence-corrected chi connectivity index (χ4v) is 6.81. The van der Waals surface area contributed by atoms with E-state index in [0.29, 0.717) is 24.1 Å². The Morgan fingerprint density at radius 3 is 2.75 bits per heavy atom. The summed E-state index contributed by atoms with van der Waals surface area (Å²) in [6, 6.07) is 14.8. The van der Waals surface area contributed by atoms with Crippen molar-refractivity contribution in [2.45, 2.75) is 36.7 Å². The van der Waals surface area contributed by atoms with Crippen LogP contribution in [0.5, 0.6) is 11.5 Å². The second kappa shape index (κ2) is 10.8. The number of hydrogen-bond acceptors (Lipinski definition) is 6. The Hall–Kier alpha value is -2.65. The van der Waals surface area contributed by atoms with Gasteiger partial charge in [0.25, 0.3) is 0 Å². The van der Waals surface area contributed by atoms with Gasteiger partial charge in [-0.1, -0.05) is 29.8 Å². The van der Waals surface area contributed by atoms with Crippen LogP contribution in [0.15, 0.2) is 65.8 Å². The van der Waals surface area contributed by atoms with Crippen molar-refractivity contribution in [2.75, 3.05) is 33.4 Å². The third-order valence-electron chi connectivity index (χ3n) is 6.90. The molecule has 1 fully saturated rings. The Balaban J connectivity index is 1.47. The molecule has 1 unspecified atom stereocenters. The Kier molecular flexibility index (Phi) is 7.48. The first-order valence-corrected chi connectivity index (χ1v) is 14.0. The van der Waals surface area contributed by atoms with Crippen molar-refractivity contribution in [3.05, 3.63) is 71.5 Å². The van der Waals surface area contributed by atoms with Gasteiger partial charge >= 0.3 is 0 Å². The SMILES string of the molecule is CN1CCCC1CCOc1cc(-c2cccnc2)cc2c1OCCN(S(=O)(=O)c1ccccc1Cl)C2. The lowest BCUT2D eigenvalue weighted by molar-refractivity contribution is 0.222. The minimum Gasteiger partial charge on any atom is -0.490 e. The van der Waals surface area contributed by atoms with E-state index in [4.69, 9.17) is 21.1 Å². The van der Waals surface area contributed by atoms with Gasteiger partial charge in [-0.2, -0.15) is 4.31 Å². The lowest BCUT2D eigenvalue weighted by atomic mass is 10.0. The summed E-state index contributed by atoms with van der Waals surface area (Å²) in [6.07, 6.45) is 6.83. The lowest BCUT2D eigenvalue weighted by Gasteiger charge is -2.21. The van der Waals surface area contributed by atoms with Gasteiger partial charge in [-0.3, -0.25) is 4.98 Å². The topological polar surface area (TPSA) is 72.0 Å². The molecule has 1 saturated heterocycles. The fraction of sp³-hybridized carbons (Fsp3) is 0.370. The summed E-state index contributed by atoms with van der Waals surface area (Å²) in [5.41, 5.74) is 2.57. The molecule has 0 radical (unpaired) electrons. The maximum Gasteiger partial charge on any atom is 0.244 e. The van der Waals surface area contributed by atoms with E-state index in [1.807, 2.05) is 24.3 Å². The average molecular weight is 528 g/mol. The monoisotopic (exact) mass is 527 g/mol. The third-order valence-corrected chi connectivity index (χ3v) is 9.24. The van der Waals surface area contributed by atoms with Gasteiger partial charge < -0.3 is 14.4 Å². The highest BCUT2D eigenvalue weighted by atomic mass is 35.5. The Labute approximate surface area is 217 Å². The largest absolute Gasteiger partial charge is 0.490 e. The van der Waals surface area contributed by atoms with E-state index in [9.17, 15) is 8.42 Å². The molecule has 2 aliphatic rings. The quantitative estimate of drug-likeness (QED) is 0.437. The van der Waals surface area contributed by atoms with E-state index in [1.54, 1.807) is 30.6 Å². The number of likely N-dealkylation sites (tertiary alicyclic amines) is 1. The second-order valence-corrected chi connectivity index (χ2v) is 11.5. The molecule has 0 saturated carbocycles. The van der Waals surface area contributed by atoms with Crippen molar-refractivity contribution >= 4 is 21.6 Å². The molecule has 0 bridgehead atoms. The fourth-order valence-electron chi connectivity index (χ4n) is 4.91. The van der Waals surface area contributed by atoms with Crippen LogP contribution in [0.4, 0.5) is 0 Å². The van der Waals surface area contributed by atoms with Crippen molar-refractivity contribution in [2.24, 2.45) is 0 Å². The van der Waals surface area contributed by atoms with Crippen LogP contribution >= 0.6 is 11.6 Å². The highest BCUT2D eigenvalue weighted by Crippen LogP contribution is 2.40. The van der Waals surface area contributed by atoms with Gasteiger partial charge in [-0.05, 0) is 68.8 Å². The van der Waals surface area contributed by atoms with E-state index in [0.717, 1.165) is 29.7 Å². The van der Waals surface area contributed by atoms with Crippen LogP contribution in [0.3, 0.4) is 0 Å². The minimum atomic E-state index is -3.82. The predicted octanol–water partition coefficient (Wildman–Crippen LogP) is 4.85. The van der Waals surface area contributed by atoms with Crippen LogP contribution < -0.4 is 9.47 Å². The van der Waals surface area contributed by atoms with Gasteiger partial charge in [-0.25, -0.2) is 8.42 Å². The van der Waals surface area contributed by atoms with Crippen LogP contribution in [0.1, 0.15) is 24.8 Å². The Morgan fingerprint density at radius 2 is 2.00 bits per heavy atom. The zero-order chi connectivity index (χ0) is 25.1. The van der Waals surface area contributed by atoms with Gasteiger partial charge in [-0.15, -0.1) is 0 Å². The normalized spacial score (nSPS) is 18.9. The third kappa shape index (κ3) is 5.22. The van der Waals surface area contributed by atoms with E-state index >= 15 is 0 Å². The van der Waals surface area contributed by atoms with Gasteiger partial charge in [0, 0.05) is 42.7 Å². The van der Waals surface area contributed by atoms with Gasteiger partial charge in [0.05, 0.1) is 11.6 Å². The van der Waals surface area contributed by atoms with E-state index in [1.165, 1.54) is 23.2 Å². The molecule has 1 aromatic heterocycles. The molecule has 9 heteroatoms. The van der Waals surface area contributed by atoms with E-state index in [2.05, 4.69) is 16.9 Å². The maximum absolute atomic E-state index is 13.5. The molecule has 1 atom stereocenters. The van der Waals surface area contributed by atoms with Crippen molar-refractivity contribution in [1.29, 1.82) is 0 Å². The zero-order valence-corrected chi connectivity index (χ0v) is 21.8. The number of benzene rings is 2. The summed E-state index contributed by atoms with van der Waals surface area (Å²) in [7, 11) is -1.66. The molecule has 7 nitrogen and oxygen atoms in total. The summed E-state index contributed by atoms with van der Waals surface area (Å²) >= 11 is 6.25. The molecule has 190 valence electrons. The van der Waals surface area contributed by atoms with Crippen LogP contribution in [-0.4, -0.2) is 62.0 Å². The van der Waals surface area contributed by atoms with E-state index in [-0.39, 0.29) is 29.6 Å². The van der Waals surface area contributed by atoms with Crippen molar-refractivity contribution in [3.8, 4) is 22.6 Å². The van der Waals surface area contributed by atoms with Crippen molar-refractivity contribution < 1.29 is 17.9 Å². The first-order chi connectivity index (χ1) is 17.4. The predicted molar refractivity (Wildman–Crippen MR) is 140 cm³/mol. The maximum atomic E-state index is 13.5. The molecule has 0 amide bonds. The molecular weight excluding hydrogens is 498 g/mol. The van der Waals surface area contributed by atoms with Crippen LogP contribution in [0.25, 0.3) is 11.1 Å². The van der Waals surface area contributed by atoms with Crippen molar-refractivity contribution in [3.63, 3.8) is 0 Å². The second-order valence-electron chi connectivity index (χ2n) is 9.24. The molecule has 3 heterocycles. The molecule has 0 spiro atoms. The summed E-state index contributed by atoms with van der Waals surface area (Å²) in [5.74, 6) is 1.23. The molecular formula is C27H30ClN3O4S.